The van der Waals surface area contributed by atoms with Crippen LogP contribution in [0.4, 0.5) is 0 Å². The molecule has 3 N–H and O–H groups in total. The van der Waals surface area contributed by atoms with Crippen LogP contribution in [0.1, 0.15) is 40.0 Å². The van der Waals surface area contributed by atoms with Gasteiger partial charge in [-0.05, 0) is 32.1 Å². The second-order valence-electron chi connectivity index (χ2n) is 6.34. The molecule has 1 saturated heterocycles. The zero-order chi connectivity index (χ0) is 14.6. The molecule has 0 amide bonds. The Balaban J connectivity index is 1.95. The highest BCUT2D eigenvalue weighted by molar-refractivity contribution is 5.78. The monoisotopic (exact) mass is 283 g/mol. The Bertz CT molecular complexity index is 338. The van der Waals surface area contributed by atoms with E-state index in [9.17, 15) is 0 Å². The molecule has 0 aromatic rings. The Morgan fingerprint density at radius 1 is 1.45 bits per heavy atom. The number of hydrogen-bond acceptors (Lipinski definition) is 3. The normalized spacial score (nSPS) is 29.5. The smallest absolute Gasteiger partial charge is 0.188 e. The lowest BCUT2D eigenvalue weighted by molar-refractivity contribution is -0.169. The van der Waals surface area contributed by atoms with E-state index >= 15 is 0 Å². The van der Waals surface area contributed by atoms with Crippen molar-refractivity contribution in [2.75, 3.05) is 26.4 Å². The first kappa shape index (κ1) is 15.6. The van der Waals surface area contributed by atoms with Gasteiger partial charge in [-0.1, -0.05) is 13.8 Å². The van der Waals surface area contributed by atoms with Crippen molar-refractivity contribution in [1.29, 1.82) is 0 Å². The van der Waals surface area contributed by atoms with Crippen LogP contribution in [0.3, 0.4) is 0 Å². The van der Waals surface area contributed by atoms with Crippen molar-refractivity contribution < 1.29 is 9.47 Å². The van der Waals surface area contributed by atoms with Gasteiger partial charge in [0.25, 0.3) is 0 Å². The van der Waals surface area contributed by atoms with Crippen LogP contribution >= 0.6 is 0 Å². The summed E-state index contributed by atoms with van der Waals surface area (Å²) in [5.41, 5.74) is 6.20. The van der Waals surface area contributed by atoms with Crippen molar-refractivity contribution in [2.45, 2.75) is 52.2 Å². The van der Waals surface area contributed by atoms with Gasteiger partial charge in [0.05, 0.1) is 6.10 Å². The summed E-state index contributed by atoms with van der Waals surface area (Å²) in [6, 6.07) is 0.374. The molecule has 116 valence electrons. The van der Waals surface area contributed by atoms with E-state index in [-0.39, 0.29) is 5.41 Å². The Hall–Kier alpha value is -0.810. The quantitative estimate of drug-likeness (QED) is 0.593. The molecule has 5 nitrogen and oxygen atoms in total. The highest BCUT2D eigenvalue weighted by Gasteiger charge is 2.56. The fourth-order valence-electron chi connectivity index (χ4n) is 3.31. The van der Waals surface area contributed by atoms with Crippen LogP contribution in [-0.4, -0.2) is 44.5 Å². The standard InChI is InChI=1S/C15H29N3O2/c1-4-20-13-9-12(15(13)5-7-19-8-6-15)18-14(16)17-10-11(2)3/h11-13H,4-10H2,1-3H3,(H3,16,17,18). The molecule has 20 heavy (non-hydrogen) atoms. The number of rotatable bonds is 5. The van der Waals surface area contributed by atoms with Gasteiger partial charge in [-0.15, -0.1) is 0 Å². The maximum atomic E-state index is 6.01. The number of ether oxygens (including phenoxy) is 2. The number of guanidine groups is 1. The van der Waals surface area contributed by atoms with Crippen LogP contribution in [-0.2, 0) is 9.47 Å². The van der Waals surface area contributed by atoms with E-state index in [1.165, 1.54) is 0 Å². The first-order valence-corrected chi connectivity index (χ1v) is 7.84. The number of nitrogens with two attached hydrogens (primary N) is 1. The minimum Gasteiger partial charge on any atom is -0.381 e. The van der Waals surface area contributed by atoms with E-state index in [0.29, 0.717) is 24.0 Å². The van der Waals surface area contributed by atoms with Crippen molar-refractivity contribution in [3.05, 3.63) is 0 Å². The second kappa shape index (κ2) is 6.76. The summed E-state index contributed by atoms with van der Waals surface area (Å²) < 4.78 is 11.4. The van der Waals surface area contributed by atoms with Gasteiger partial charge in [-0.25, -0.2) is 0 Å². The summed E-state index contributed by atoms with van der Waals surface area (Å²) in [6.07, 6.45) is 3.46. The van der Waals surface area contributed by atoms with E-state index in [2.05, 4.69) is 31.1 Å². The molecule has 1 aliphatic heterocycles. The Kier molecular flexibility index (Phi) is 5.27. The molecule has 1 spiro atoms. The van der Waals surface area contributed by atoms with Crippen LogP contribution in [0.5, 0.6) is 0 Å². The Labute approximate surface area is 122 Å². The van der Waals surface area contributed by atoms with Crippen LogP contribution in [0, 0.1) is 11.3 Å². The molecule has 2 rings (SSSR count). The molecule has 1 saturated carbocycles. The molecule has 2 unspecified atom stereocenters. The summed E-state index contributed by atoms with van der Waals surface area (Å²) in [6.45, 7) is 9.55. The molecule has 1 heterocycles. The lowest BCUT2D eigenvalue weighted by Gasteiger charge is -2.57. The molecular formula is C15H29N3O2. The minimum absolute atomic E-state index is 0.187. The molecule has 2 aliphatic rings. The first-order valence-electron chi connectivity index (χ1n) is 7.84. The summed E-state index contributed by atoms with van der Waals surface area (Å²) >= 11 is 0. The summed E-state index contributed by atoms with van der Waals surface area (Å²) in [4.78, 5) is 4.41. The molecule has 2 fully saturated rings. The van der Waals surface area contributed by atoms with Gasteiger partial charge in [0.1, 0.15) is 0 Å². The summed E-state index contributed by atoms with van der Waals surface area (Å²) in [7, 11) is 0. The first-order chi connectivity index (χ1) is 9.58. The third-order valence-corrected chi connectivity index (χ3v) is 4.53. The number of nitrogens with one attached hydrogen (secondary N) is 1. The topological polar surface area (TPSA) is 68.9 Å². The minimum atomic E-state index is 0.187. The number of nitrogens with zero attached hydrogens (tertiary/aromatic N) is 1. The fourth-order valence-corrected chi connectivity index (χ4v) is 3.31. The zero-order valence-corrected chi connectivity index (χ0v) is 13.0. The summed E-state index contributed by atoms with van der Waals surface area (Å²) in [5.74, 6) is 1.11. The highest BCUT2D eigenvalue weighted by Crippen LogP contribution is 2.50. The molecule has 0 aromatic heterocycles. The lowest BCUT2D eigenvalue weighted by atomic mass is 9.57. The van der Waals surface area contributed by atoms with E-state index in [4.69, 9.17) is 15.2 Å². The van der Waals surface area contributed by atoms with Crippen molar-refractivity contribution >= 4 is 5.96 Å². The predicted octanol–water partition coefficient (Wildman–Crippen LogP) is 1.52. The molecular weight excluding hydrogens is 254 g/mol. The maximum absolute atomic E-state index is 6.01. The SMILES string of the molecule is CCOC1CC(NC(N)=NCC(C)C)C12CCOCC2. The molecule has 0 aromatic carbocycles. The Morgan fingerprint density at radius 2 is 2.15 bits per heavy atom. The largest absolute Gasteiger partial charge is 0.381 e. The number of hydrogen-bond donors (Lipinski definition) is 2. The van der Waals surface area contributed by atoms with Crippen LogP contribution in [0.15, 0.2) is 4.99 Å². The highest BCUT2D eigenvalue weighted by atomic mass is 16.5. The molecule has 2 atom stereocenters. The Morgan fingerprint density at radius 3 is 2.75 bits per heavy atom. The van der Waals surface area contributed by atoms with Crippen molar-refractivity contribution in [2.24, 2.45) is 22.1 Å². The van der Waals surface area contributed by atoms with Crippen LogP contribution in [0.25, 0.3) is 0 Å². The van der Waals surface area contributed by atoms with E-state index < -0.39 is 0 Å². The molecule has 0 radical (unpaired) electrons. The van der Waals surface area contributed by atoms with Gasteiger partial charge in [-0.2, -0.15) is 0 Å². The molecule has 1 aliphatic carbocycles. The zero-order valence-electron chi connectivity index (χ0n) is 13.0. The van der Waals surface area contributed by atoms with Crippen LogP contribution in [0.2, 0.25) is 0 Å². The van der Waals surface area contributed by atoms with Crippen LogP contribution < -0.4 is 11.1 Å². The second-order valence-corrected chi connectivity index (χ2v) is 6.34. The van der Waals surface area contributed by atoms with Gasteiger partial charge in [0, 0.05) is 37.8 Å². The average molecular weight is 283 g/mol. The summed E-state index contributed by atoms with van der Waals surface area (Å²) in [5, 5.41) is 3.41. The number of aliphatic imine (C=N–C) groups is 1. The van der Waals surface area contributed by atoms with Gasteiger partial charge in [-0.3, -0.25) is 4.99 Å². The van der Waals surface area contributed by atoms with Crippen molar-refractivity contribution in [3.63, 3.8) is 0 Å². The van der Waals surface area contributed by atoms with E-state index in [0.717, 1.165) is 45.6 Å². The van der Waals surface area contributed by atoms with Crippen molar-refractivity contribution in [1.82, 2.24) is 5.32 Å². The fraction of sp³-hybridized carbons (Fsp3) is 0.933. The third-order valence-electron chi connectivity index (χ3n) is 4.53. The third kappa shape index (κ3) is 3.26. The van der Waals surface area contributed by atoms with Crippen molar-refractivity contribution in [3.8, 4) is 0 Å². The maximum Gasteiger partial charge on any atom is 0.188 e. The van der Waals surface area contributed by atoms with E-state index in [1.807, 2.05) is 0 Å². The van der Waals surface area contributed by atoms with E-state index in [1.54, 1.807) is 0 Å². The van der Waals surface area contributed by atoms with Gasteiger partial charge >= 0.3 is 0 Å². The van der Waals surface area contributed by atoms with Gasteiger partial charge in [0.15, 0.2) is 5.96 Å². The van der Waals surface area contributed by atoms with Gasteiger partial charge in [0.2, 0.25) is 0 Å². The predicted molar refractivity (Wildman–Crippen MR) is 80.8 cm³/mol. The molecule has 5 heteroatoms. The lowest BCUT2D eigenvalue weighted by Crippen LogP contribution is -2.67. The average Bonchev–Trinajstić information content (AvgIpc) is 2.45. The molecule has 0 bridgehead atoms. The van der Waals surface area contributed by atoms with Gasteiger partial charge < -0.3 is 20.5 Å².